The molecule has 0 aromatic heterocycles. The molecule has 0 amide bonds. The van der Waals surface area contributed by atoms with Crippen LogP contribution in [0, 0.1) is 0 Å². The van der Waals surface area contributed by atoms with Crippen LogP contribution in [0.2, 0.25) is 0 Å². The Morgan fingerprint density at radius 1 is 0.800 bits per heavy atom. The van der Waals surface area contributed by atoms with Crippen LogP contribution in [0.5, 0.6) is 0 Å². The summed E-state index contributed by atoms with van der Waals surface area (Å²) in [4.78, 5) is 0. The van der Waals surface area contributed by atoms with E-state index in [0.29, 0.717) is 0 Å². The third kappa shape index (κ3) is 9510. The third-order valence-electron chi connectivity index (χ3n) is 0. The lowest BCUT2D eigenvalue weighted by molar-refractivity contribution is -0.849. The van der Waals surface area contributed by atoms with Crippen LogP contribution in [0.3, 0.4) is 0 Å². The van der Waals surface area contributed by atoms with Crippen LogP contribution in [0.1, 0.15) is 0 Å². The molecule has 0 fully saturated rings. The van der Waals surface area contributed by atoms with Gasteiger partial charge in [0, 0.05) is 0 Å². The molecule has 32 valence electrons. The summed E-state index contributed by atoms with van der Waals surface area (Å²) in [5, 5.41) is 0. The standard InChI is InChI=1S/C4H12N/c1-5(2,3)4/h1-4H3/q+1/i5+1. The summed E-state index contributed by atoms with van der Waals surface area (Å²) in [6.45, 7) is 0. The van der Waals surface area contributed by atoms with Gasteiger partial charge in [0.25, 0.3) is 0 Å². The molecule has 1 heteroatoms. The zero-order valence-electron chi connectivity index (χ0n) is 4.45. The monoisotopic (exact) mass is 75.1 g/mol. The number of quaternary nitrogens is 1. The van der Waals surface area contributed by atoms with Gasteiger partial charge in [-0.1, -0.05) is 0 Å². The summed E-state index contributed by atoms with van der Waals surface area (Å²) in [5.41, 5.74) is 0. The second-order valence-electron chi connectivity index (χ2n) is 2.68. The minimum Gasteiger partial charge on any atom is -0.333 e. The highest BCUT2D eigenvalue weighted by Crippen LogP contribution is 1.73. The molecule has 0 radical (unpaired) electrons. The second-order valence-corrected chi connectivity index (χ2v) is 2.68. The van der Waals surface area contributed by atoms with Crippen LogP contribution in [-0.2, 0) is 0 Å². The highest BCUT2D eigenvalue weighted by atomic mass is 16.0. The van der Waals surface area contributed by atoms with Gasteiger partial charge in [-0.25, -0.2) is 0 Å². The van der Waals surface area contributed by atoms with Gasteiger partial charge >= 0.3 is 0 Å². The van der Waals surface area contributed by atoms with Crippen molar-refractivity contribution in [3.8, 4) is 0 Å². The normalized spacial score (nSPS) is 12.0. The minimum atomic E-state index is 1.00. The van der Waals surface area contributed by atoms with Gasteiger partial charge in [0.1, 0.15) is 0 Å². The Balaban J connectivity index is 3.02. The van der Waals surface area contributed by atoms with Gasteiger partial charge in [-0.05, 0) is 0 Å². The zero-order chi connectivity index (χ0) is 4.50. The molecule has 0 unspecified atom stereocenters. The fourth-order valence-corrected chi connectivity index (χ4v) is 0. The van der Waals surface area contributed by atoms with Crippen molar-refractivity contribution in [3.63, 3.8) is 0 Å². The van der Waals surface area contributed by atoms with Gasteiger partial charge in [0.05, 0.1) is 28.2 Å². The van der Waals surface area contributed by atoms with Gasteiger partial charge in [-0.15, -0.1) is 0 Å². The van der Waals surface area contributed by atoms with E-state index in [2.05, 4.69) is 28.2 Å². The van der Waals surface area contributed by atoms with Crippen molar-refractivity contribution in [1.29, 1.82) is 0 Å². The van der Waals surface area contributed by atoms with Crippen LogP contribution in [0.25, 0.3) is 0 Å². The van der Waals surface area contributed by atoms with E-state index in [0.717, 1.165) is 4.48 Å². The molecular formula is C4H12N+. The van der Waals surface area contributed by atoms with Crippen LogP contribution >= 0.6 is 0 Å². The van der Waals surface area contributed by atoms with Crippen molar-refractivity contribution < 1.29 is 4.48 Å². The third-order valence-corrected chi connectivity index (χ3v) is 0. The van der Waals surface area contributed by atoms with E-state index < -0.39 is 0 Å². The van der Waals surface area contributed by atoms with Crippen LogP contribution < -0.4 is 0 Å². The first-order valence-electron chi connectivity index (χ1n) is 1.79. The summed E-state index contributed by atoms with van der Waals surface area (Å²) < 4.78 is 1.00. The van der Waals surface area contributed by atoms with Crippen LogP contribution in [0.15, 0.2) is 0 Å². The van der Waals surface area contributed by atoms with E-state index in [1.165, 1.54) is 0 Å². The molecule has 0 atom stereocenters. The van der Waals surface area contributed by atoms with Crippen LogP contribution in [-0.4, -0.2) is 32.7 Å². The predicted molar refractivity (Wildman–Crippen MR) is 24.0 cm³/mol. The molecule has 0 aromatic rings. The number of nitrogens with zero attached hydrogens (tertiary/aromatic N) is 1. The van der Waals surface area contributed by atoms with Gasteiger partial charge in [0.15, 0.2) is 0 Å². The summed E-state index contributed by atoms with van der Waals surface area (Å²) in [6, 6.07) is 0. The maximum Gasteiger partial charge on any atom is 0.0675 e. The first-order chi connectivity index (χ1) is 2.00. The first-order valence-corrected chi connectivity index (χ1v) is 1.79. The van der Waals surface area contributed by atoms with Gasteiger partial charge in [0.2, 0.25) is 0 Å². The number of rotatable bonds is 0. The van der Waals surface area contributed by atoms with E-state index in [4.69, 9.17) is 0 Å². The number of hydrogen-bond acceptors (Lipinski definition) is 0. The molecule has 0 bridgehead atoms. The topological polar surface area (TPSA) is 0 Å². The van der Waals surface area contributed by atoms with Gasteiger partial charge in [-0.2, -0.15) is 0 Å². The Kier molecular flexibility index (Phi) is 0.969. The molecule has 0 aromatic carbocycles. The second kappa shape index (κ2) is 0.977. The first kappa shape index (κ1) is 4.96. The zero-order valence-corrected chi connectivity index (χ0v) is 4.45. The van der Waals surface area contributed by atoms with E-state index in [9.17, 15) is 0 Å². The molecule has 0 N–H and O–H groups in total. The fourth-order valence-electron chi connectivity index (χ4n) is 0. The van der Waals surface area contributed by atoms with Crippen molar-refractivity contribution in [3.05, 3.63) is 0 Å². The molecule has 0 aliphatic carbocycles. The van der Waals surface area contributed by atoms with Crippen molar-refractivity contribution in [1.82, 2.24) is 0 Å². The molecule has 0 spiro atoms. The summed E-state index contributed by atoms with van der Waals surface area (Å²) >= 11 is 0. The quantitative estimate of drug-likeness (QED) is 0.287. The number of hydrogen-bond donors (Lipinski definition) is 0. The van der Waals surface area contributed by atoms with Crippen LogP contribution in [0.4, 0.5) is 0 Å². The minimum absolute atomic E-state index is 1.00. The van der Waals surface area contributed by atoms with Gasteiger partial charge in [-0.3, -0.25) is 0 Å². The van der Waals surface area contributed by atoms with E-state index >= 15 is 0 Å². The summed E-state index contributed by atoms with van der Waals surface area (Å²) in [6.07, 6.45) is 0. The van der Waals surface area contributed by atoms with Crippen molar-refractivity contribution >= 4 is 0 Å². The molecular weight excluding hydrogens is 63.0 g/mol. The Bertz CT molecular complexity index is 19.1. The molecule has 0 aliphatic rings. The lowest BCUT2D eigenvalue weighted by Gasteiger charge is -2.14. The molecule has 5 heavy (non-hydrogen) atoms. The van der Waals surface area contributed by atoms with Crippen molar-refractivity contribution in [2.45, 2.75) is 0 Å². The van der Waals surface area contributed by atoms with E-state index in [-0.39, 0.29) is 0 Å². The largest absolute Gasteiger partial charge is 0.333 e. The fraction of sp³-hybridized carbons (Fsp3) is 1.00. The average molecular weight is 75.1 g/mol. The molecule has 0 heterocycles. The lowest BCUT2D eigenvalue weighted by Crippen LogP contribution is -2.27. The molecule has 1 nitrogen and oxygen atoms in total. The van der Waals surface area contributed by atoms with Crippen molar-refractivity contribution in [2.24, 2.45) is 0 Å². The molecule has 0 saturated carbocycles. The molecule has 0 saturated heterocycles. The van der Waals surface area contributed by atoms with E-state index in [1.807, 2.05) is 0 Å². The maximum atomic E-state index is 2.12. The predicted octanol–water partition coefficient (Wildman–Crippen LogP) is 0.322. The molecule has 0 aliphatic heterocycles. The SMILES string of the molecule is C[15N+](C)(C)C. The highest BCUT2D eigenvalue weighted by molar-refractivity contribution is 3.87. The maximum absolute atomic E-state index is 2.12. The molecule has 0 rings (SSSR count). The summed E-state index contributed by atoms with van der Waals surface area (Å²) in [5.74, 6) is 0. The van der Waals surface area contributed by atoms with Gasteiger partial charge < -0.3 is 4.48 Å². The Hall–Kier alpha value is -0.0400. The van der Waals surface area contributed by atoms with Crippen molar-refractivity contribution in [2.75, 3.05) is 28.2 Å². The Morgan fingerprint density at radius 2 is 0.800 bits per heavy atom. The van der Waals surface area contributed by atoms with E-state index in [1.54, 1.807) is 0 Å². The average Bonchev–Trinajstić information content (AvgIpc) is 0.722. The summed E-state index contributed by atoms with van der Waals surface area (Å²) in [7, 11) is 8.50. The Morgan fingerprint density at radius 3 is 0.800 bits per heavy atom. The highest BCUT2D eigenvalue weighted by Gasteiger charge is 1.88. The smallest absolute Gasteiger partial charge is 0.0675 e. The lowest BCUT2D eigenvalue weighted by atomic mass is 11.0. The Labute approximate surface area is 33.8 Å².